The van der Waals surface area contributed by atoms with Crippen molar-refractivity contribution in [3.05, 3.63) is 0 Å². The SMILES string of the molecule is OC1(CNCC2(CN3CCOCC3)CCCCC2)CCOCC1. The summed E-state index contributed by atoms with van der Waals surface area (Å²) in [6, 6.07) is 0. The molecule has 0 aromatic heterocycles. The van der Waals surface area contributed by atoms with Gasteiger partial charge in [0.1, 0.15) is 0 Å². The second-order valence-corrected chi connectivity index (χ2v) is 7.89. The molecule has 0 unspecified atom stereocenters. The molecule has 2 saturated heterocycles. The van der Waals surface area contributed by atoms with Gasteiger partial charge in [0.25, 0.3) is 0 Å². The zero-order valence-corrected chi connectivity index (χ0v) is 14.5. The maximum absolute atomic E-state index is 10.6. The van der Waals surface area contributed by atoms with Crippen LogP contribution in [0.1, 0.15) is 44.9 Å². The minimum absolute atomic E-state index is 0.386. The summed E-state index contributed by atoms with van der Waals surface area (Å²) in [5, 5.41) is 14.3. The Morgan fingerprint density at radius 1 is 0.826 bits per heavy atom. The van der Waals surface area contributed by atoms with Crippen LogP contribution in [0.2, 0.25) is 0 Å². The molecule has 0 aromatic rings. The number of nitrogens with one attached hydrogen (secondary N) is 1. The Kier molecular flexibility index (Phi) is 6.32. The molecule has 1 saturated carbocycles. The summed E-state index contributed by atoms with van der Waals surface area (Å²) in [5.41, 5.74) is -0.176. The van der Waals surface area contributed by atoms with Gasteiger partial charge in [0.05, 0.1) is 18.8 Å². The lowest BCUT2D eigenvalue weighted by Gasteiger charge is -2.43. The summed E-state index contributed by atoms with van der Waals surface area (Å²) in [5.74, 6) is 0. The summed E-state index contributed by atoms with van der Waals surface area (Å²) in [4.78, 5) is 2.58. The minimum Gasteiger partial charge on any atom is -0.388 e. The fourth-order valence-electron chi connectivity index (χ4n) is 4.41. The highest BCUT2D eigenvalue weighted by atomic mass is 16.5. The minimum atomic E-state index is -0.562. The first-order valence-corrected chi connectivity index (χ1v) is 9.51. The van der Waals surface area contributed by atoms with E-state index in [1.54, 1.807) is 0 Å². The number of hydrogen-bond acceptors (Lipinski definition) is 5. The van der Waals surface area contributed by atoms with E-state index in [1.807, 2.05) is 0 Å². The smallest absolute Gasteiger partial charge is 0.0815 e. The maximum Gasteiger partial charge on any atom is 0.0815 e. The number of hydrogen-bond donors (Lipinski definition) is 2. The van der Waals surface area contributed by atoms with Gasteiger partial charge < -0.3 is 19.9 Å². The van der Waals surface area contributed by atoms with Gasteiger partial charge in [0.2, 0.25) is 0 Å². The van der Waals surface area contributed by atoms with E-state index in [9.17, 15) is 5.11 Å². The molecule has 1 aliphatic carbocycles. The molecule has 3 aliphatic rings. The van der Waals surface area contributed by atoms with E-state index >= 15 is 0 Å². The number of nitrogens with zero attached hydrogens (tertiary/aromatic N) is 1. The Hall–Kier alpha value is -0.200. The highest BCUT2D eigenvalue weighted by Gasteiger charge is 2.36. The van der Waals surface area contributed by atoms with Crippen molar-refractivity contribution in [1.29, 1.82) is 0 Å². The molecule has 2 heterocycles. The molecule has 3 rings (SSSR count). The van der Waals surface area contributed by atoms with Gasteiger partial charge in [-0.3, -0.25) is 4.90 Å². The van der Waals surface area contributed by atoms with Crippen LogP contribution in [0.4, 0.5) is 0 Å². The Bertz CT molecular complexity index is 346. The molecule has 0 bridgehead atoms. The average Bonchev–Trinajstić information content (AvgIpc) is 2.57. The number of aliphatic hydroxyl groups is 1. The molecular weight excluding hydrogens is 292 g/mol. The molecule has 134 valence electrons. The van der Waals surface area contributed by atoms with Crippen molar-refractivity contribution >= 4 is 0 Å². The van der Waals surface area contributed by atoms with Gasteiger partial charge in [-0.2, -0.15) is 0 Å². The van der Waals surface area contributed by atoms with Gasteiger partial charge >= 0.3 is 0 Å². The Labute approximate surface area is 140 Å². The monoisotopic (exact) mass is 326 g/mol. The number of rotatable bonds is 6. The third kappa shape index (κ3) is 5.13. The van der Waals surface area contributed by atoms with E-state index in [-0.39, 0.29) is 0 Å². The lowest BCUT2D eigenvalue weighted by atomic mass is 9.73. The van der Waals surface area contributed by atoms with Gasteiger partial charge in [-0.25, -0.2) is 0 Å². The predicted molar refractivity (Wildman–Crippen MR) is 90.6 cm³/mol. The van der Waals surface area contributed by atoms with Crippen molar-refractivity contribution in [2.45, 2.75) is 50.5 Å². The van der Waals surface area contributed by atoms with Gasteiger partial charge in [0.15, 0.2) is 0 Å². The standard InChI is InChI=1S/C18H34N2O3/c21-18(6-10-22-11-7-18)15-19-14-17(4-2-1-3-5-17)16-20-8-12-23-13-9-20/h19,21H,1-16H2. The summed E-state index contributed by atoms with van der Waals surface area (Å²) >= 11 is 0. The quantitative estimate of drug-likeness (QED) is 0.773. The molecule has 5 heteroatoms. The van der Waals surface area contributed by atoms with Crippen LogP contribution in [0.5, 0.6) is 0 Å². The van der Waals surface area contributed by atoms with Crippen molar-refractivity contribution in [3.63, 3.8) is 0 Å². The highest BCUT2D eigenvalue weighted by molar-refractivity contribution is 4.90. The van der Waals surface area contributed by atoms with Gasteiger partial charge in [-0.1, -0.05) is 19.3 Å². The van der Waals surface area contributed by atoms with Crippen molar-refractivity contribution in [2.75, 3.05) is 59.2 Å². The van der Waals surface area contributed by atoms with Crippen LogP contribution in [0, 0.1) is 5.41 Å². The van der Waals surface area contributed by atoms with Crippen LogP contribution >= 0.6 is 0 Å². The third-order valence-corrected chi connectivity index (χ3v) is 5.95. The van der Waals surface area contributed by atoms with Crippen molar-refractivity contribution < 1.29 is 14.6 Å². The second-order valence-electron chi connectivity index (χ2n) is 7.89. The average molecular weight is 326 g/mol. The maximum atomic E-state index is 10.6. The van der Waals surface area contributed by atoms with E-state index in [2.05, 4.69) is 10.2 Å². The zero-order valence-electron chi connectivity index (χ0n) is 14.5. The topological polar surface area (TPSA) is 54.0 Å². The predicted octanol–water partition coefficient (Wildman–Crippen LogP) is 1.40. The molecule has 0 spiro atoms. The molecule has 2 aliphatic heterocycles. The number of ether oxygens (including phenoxy) is 2. The molecule has 2 N–H and O–H groups in total. The lowest BCUT2D eigenvalue weighted by molar-refractivity contribution is -0.0636. The van der Waals surface area contributed by atoms with Crippen LogP contribution < -0.4 is 5.32 Å². The van der Waals surface area contributed by atoms with Gasteiger partial charge in [0, 0.05) is 58.8 Å². The van der Waals surface area contributed by atoms with E-state index in [0.717, 1.165) is 45.7 Å². The largest absolute Gasteiger partial charge is 0.388 e. The summed E-state index contributed by atoms with van der Waals surface area (Å²) in [6.45, 7) is 8.21. The second kappa shape index (κ2) is 8.26. The van der Waals surface area contributed by atoms with E-state index in [4.69, 9.17) is 9.47 Å². The van der Waals surface area contributed by atoms with E-state index < -0.39 is 5.60 Å². The first-order valence-electron chi connectivity index (χ1n) is 9.51. The lowest BCUT2D eigenvalue weighted by Crippen LogP contribution is -2.51. The van der Waals surface area contributed by atoms with Crippen LogP contribution in [0.3, 0.4) is 0 Å². The normalized spacial score (nSPS) is 28.6. The zero-order chi connectivity index (χ0) is 16.0. The van der Waals surface area contributed by atoms with Crippen molar-refractivity contribution in [1.82, 2.24) is 10.2 Å². The number of morpholine rings is 1. The summed E-state index contributed by atoms with van der Waals surface area (Å²) < 4.78 is 10.9. The van der Waals surface area contributed by atoms with Gasteiger partial charge in [-0.15, -0.1) is 0 Å². The molecule has 0 amide bonds. The molecule has 23 heavy (non-hydrogen) atoms. The van der Waals surface area contributed by atoms with Crippen molar-refractivity contribution in [2.24, 2.45) is 5.41 Å². The third-order valence-electron chi connectivity index (χ3n) is 5.95. The van der Waals surface area contributed by atoms with E-state index in [0.29, 0.717) is 25.2 Å². The molecular formula is C18H34N2O3. The Morgan fingerprint density at radius 2 is 1.48 bits per heavy atom. The first-order chi connectivity index (χ1) is 11.2. The summed E-state index contributed by atoms with van der Waals surface area (Å²) in [7, 11) is 0. The molecule has 5 nitrogen and oxygen atoms in total. The van der Waals surface area contributed by atoms with Crippen LogP contribution in [0.15, 0.2) is 0 Å². The van der Waals surface area contributed by atoms with Crippen molar-refractivity contribution in [3.8, 4) is 0 Å². The molecule has 3 fully saturated rings. The molecule has 0 radical (unpaired) electrons. The Morgan fingerprint density at radius 3 is 2.17 bits per heavy atom. The van der Waals surface area contributed by atoms with E-state index in [1.165, 1.54) is 38.6 Å². The van der Waals surface area contributed by atoms with Crippen LogP contribution in [-0.4, -0.2) is 74.8 Å². The van der Waals surface area contributed by atoms with Crippen LogP contribution in [0.25, 0.3) is 0 Å². The van der Waals surface area contributed by atoms with Crippen LogP contribution in [-0.2, 0) is 9.47 Å². The molecule has 0 atom stereocenters. The highest BCUT2D eigenvalue weighted by Crippen LogP contribution is 2.37. The fourth-order valence-corrected chi connectivity index (χ4v) is 4.41. The Balaban J connectivity index is 1.51. The summed E-state index contributed by atoms with van der Waals surface area (Å²) in [6.07, 6.45) is 8.24. The first kappa shape index (κ1) is 17.6. The fraction of sp³-hybridized carbons (Fsp3) is 1.00. The molecule has 0 aromatic carbocycles. The van der Waals surface area contributed by atoms with Gasteiger partial charge in [-0.05, 0) is 18.3 Å².